The van der Waals surface area contributed by atoms with Gasteiger partial charge in [0, 0.05) is 18.1 Å². The lowest BCUT2D eigenvalue weighted by molar-refractivity contribution is 0.0989. The highest BCUT2D eigenvalue weighted by Crippen LogP contribution is 2.31. The van der Waals surface area contributed by atoms with Crippen LogP contribution in [-0.2, 0) is 0 Å². The summed E-state index contributed by atoms with van der Waals surface area (Å²) >= 11 is 8.99. The summed E-state index contributed by atoms with van der Waals surface area (Å²) in [6.07, 6.45) is 0. The summed E-state index contributed by atoms with van der Waals surface area (Å²) in [5.74, 6) is -0.00740. The van der Waals surface area contributed by atoms with Crippen LogP contribution in [0.1, 0.15) is 9.67 Å². The molecule has 2 aromatic heterocycles. The molecular formula is C16H17Cl2N3OS2. The summed E-state index contributed by atoms with van der Waals surface area (Å²) in [7, 11) is 3.98. The number of halogens is 2. The molecule has 0 aliphatic heterocycles. The second kappa shape index (κ2) is 8.27. The molecule has 1 aromatic carbocycles. The van der Waals surface area contributed by atoms with Crippen molar-refractivity contribution in [2.24, 2.45) is 0 Å². The van der Waals surface area contributed by atoms with Gasteiger partial charge >= 0.3 is 0 Å². The van der Waals surface area contributed by atoms with Crippen LogP contribution in [0.2, 0.25) is 5.02 Å². The fourth-order valence-electron chi connectivity index (χ4n) is 2.12. The number of carbonyl (C=O) groups is 1. The highest BCUT2D eigenvalue weighted by atomic mass is 35.5. The van der Waals surface area contributed by atoms with E-state index in [1.807, 2.05) is 49.8 Å². The van der Waals surface area contributed by atoms with Gasteiger partial charge in [-0.2, -0.15) is 0 Å². The first-order valence-electron chi connectivity index (χ1n) is 7.11. The van der Waals surface area contributed by atoms with Gasteiger partial charge < -0.3 is 4.90 Å². The third-order valence-electron chi connectivity index (χ3n) is 3.32. The number of aromatic nitrogens is 1. The molecule has 0 aliphatic carbocycles. The van der Waals surface area contributed by atoms with Crippen molar-refractivity contribution in [2.45, 2.75) is 0 Å². The average Bonchev–Trinajstić information content (AvgIpc) is 3.15. The summed E-state index contributed by atoms with van der Waals surface area (Å²) in [5, 5.41) is 3.30. The van der Waals surface area contributed by atoms with Gasteiger partial charge in [-0.15, -0.1) is 23.7 Å². The Morgan fingerprint density at radius 3 is 2.71 bits per heavy atom. The minimum Gasteiger partial charge on any atom is -0.308 e. The van der Waals surface area contributed by atoms with E-state index in [4.69, 9.17) is 11.6 Å². The van der Waals surface area contributed by atoms with Crippen LogP contribution in [-0.4, -0.2) is 43.0 Å². The number of hydrogen-bond donors (Lipinski definition) is 0. The molecule has 8 heteroatoms. The van der Waals surface area contributed by atoms with Crippen molar-refractivity contribution >= 4 is 67.9 Å². The van der Waals surface area contributed by atoms with Crippen LogP contribution < -0.4 is 4.90 Å². The van der Waals surface area contributed by atoms with Gasteiger partial charge in [-0.25, -0.2) is 4.98 Å². The Hall–Kier alpha value is -1.18. The van der Waals surface area contributed by atoms with Gasteiger partial charge in [-0.3, -0.25) is 9.69 Å². The number of likely N-dealkylation sites (N-methyl/N-ethyl adjacent to an activating group) is 1. The average molecular weight is 402 g/mol. The molecule has 0 N–H and O–H groups in total. The lowest BCUT2D eigenvalue weighted by atomic mass is 10.3. The van der Waals surface area contributed by atoms with E-state index >= 15 is 0 Å². The van der Waals surface area contributed by atoms with Gasteiger partial charge in [0.05, 0.1) is 15.1 Å². The highest BCUT2D eigenvalue weighted by Gasteiger charge is 2.22. The second-order valence-electron chi connectivity index (χ2n) is 5.35. The molecule has 0 radical (unpaired) electrons. The first kappa shape index (κ1) is 19.1. The van der Waals surface area contributed by atoms with Crippen molar-refractivity contribution in [3.63, 3.8) is 0 Å². The fourth-order valence-corrected chi connectivity index (χ4v) is 4.06. The van der Waals surface area contributed by atoms with Crippen LogP contribution in [0, 0.1) is 0 Å². The maximum Gasteiger partial charge on any atom is 0.270 e. The van der Waals surface area contributed by atoms with Gasteiger partial charge in [0.25, 0.3) is 5.91 Å². The Balaban J connectivity index is 0.00000208. The molecule has 3 aromatic rings. The molecule has 0 saturated heterocycles. The molecule has 0 aliphatic rings. The Kier molecular flexibility index (Phi) is 6.60. The van der Waals surface area contributed by atoms with Gasteiger partial charge in [0.2, 0.25) is 0 Å². The molecule has 0 spiro atoms. The first-order chi connectivity index (χ1) is 11.0. The molecule has 0 saturated carbocycles. The first-order valence-corrected chi connectivity index (χ1v) is 9.18. The maximum atomic E-state index is 12.8. The SMILES string of the molecule is CN(C)CCN(C(=O)c1cccs1)c1nc2ccc(Cl)cc2s1.Cl. The summed E-state index contributed by atoms with van der Waals surface area (Å²) < 4.78 is 0.987. The van der Waals surface area contributed by atoms with E-state index in [9.17, 15) is 4.79 Å². The highest BCUT2D eigenvalue weighted by molar-refractivity contribution is 7.22. The smallest absolute Gasteiger partial charge is 0.270 e. The predicted molar refractivity (Wildman–Crippen MR) is 106 cm³/mol. The molecular weight excluding hydrogens is 385 g/mol. The third kappa shape index (κ3) is 4.26. The Morgan fingerprint density at radius 1 is 1.25 bits per heavy atom. The molecule has 0 bridgehead atoms. The van der Waals surface area contributed by atoms with E-state index < -0.39 is 0 Å². The number of thiophene rings is 1. The van der Waals surface area contributed by atoms with Crippen molar-refractivity contribution in [3.8, 4) is 0 Å². The number of benzene rings is 1. The zero-order valence-electron chi connectivity index (χ0n) is 13.2. The number of amides is 1. The van der Waals surface area contributed by atoms with Crippen LogP contribution in [0.5, 0.6) is 0 Å². The lowest BCUT2D eigenvalue weighted by Crippen LogP contribution is -2.36. The van der Waals surface area contributed by atoms with Crippen LogP contribution in [0.15, 0.2) is 35.7 Å². The molecule has 2 heterocycles. The van der Waals surface area contributed by atoms with E-state index in [2.05, 4.69) is 9.88 Å². The van der Waals surface area contributed by atoms with Gasteiger partial charge in [0.1, 0.15) is 0 Å². The van der Waals surface area contributed by atoms with Gasteiger partial charge in [-0.05, 0) is 43.7 Å². The molecule has 24 heavy (non-hydrogen) atoms. The number of thiazole rings is 1. The normalized spacial score (nSPS) is 10.8. The van der Waals surface area contributed by atoms with Gasteiger partial charge in [0.15, 0.2) is 5.13 Å². The summed E-state index contributed by atoms with van der Waals surface area (Å²) in [6.45, 7) is 1.37. The molecule has 0 atom stereocenters. The maximum absolute atomic E-state index is 12.8. The minimum absolute atomic E-state index is 0. The van der Waals surface area contributed by atoms with Crippen LogP contribution in [0.4, 0.5) is 5.13 Å². The molecule has 3 rings (SSSR count). The van der Waals surface area contributed by atoms with Crippen molar-refractivity contribution in [2.75, 3.05) is 32.1 Å². The Bertz CT molecular complexity index is 818. The molecule has 0 unspecified atom stereocenters. The zero-order chi connectivity index (χ0) is 16.4. The quantitative estimate of drug-likeness (QED) is 0.624. The number of nitrogens with zero attached hydrogens (tertiary/aromatic N) is 3. The number of hydrogen-bond acceptors (Lipinski definition) is 5. The molecule has 0 fully saturated rings. The van der Waals surface area contributed by atoms with E-state index in [1.165, 1.54) is 22.7 Å². The molecule has 1 amide bonds. The van der Waals surface area contributed by atoms with Crippen molar-refractivity contribution in [1.29, 1.82) is 0 Å². The van der Waals surface area contributed by atoms with Crippen LogP contribution in [0.25, 0.3) is 10.2 Å². The number of carbonyl (C=O) groups excluding carboxylic acids is 1. The van der Waals surface area contributed by atoms with E-state index in [0.717, 1.165) is 21.6 Å². The second-order valence-corrected chi connectivity index (χ2v) is 7.74. The zero-order valence-corrected chi connectivity index (χ0v) is 16.4. The molecule has 4 nitrogen and oxygen atoms in total. The van der Waals surface area contributed by atoms with Crippen molar-refractivity contribution in [3.05, 3.63) is 45.6 Å². The number of rotatable bonds is 5. The summed E-state index contributed by atoms with van der Waals surface area (Å²) in [5.41, 5.74) is 0.864. The topological polar surface area (TPSA) is 36.4 Å². The minimum atomic E-state index is -0.00740. The standard InChI is InChI=1S/C16H16ClN3OS2.ClH/c1-19(2)7-8-20(15(21)13-4-3-9-22-13)16-18-12-6-5-11(17)10-14(12)23-16;/h3-6,9-10H,7-8H2,1-2H3;1H. The molecule has 128 valence electrons. The lowest BCUT2D eigenvalue weighted by Gasteiger charge is -2.21. The number of fused-ring (bicyclic) bond motifs is 1. The van der Waals surface area contributed by atoms with Crippen LogP contribution in [0.3, 0.4) is 0 Å². The largest absolute Gasteiger partial charge is 0.308 e. The van der Waals surface area contributed by atoms with E-state index in [0.29, 0.717) is 16.7 Å². The predicted octanol–water partition coefficient (Wildman–Crippen LogP) is 4.64. The Morgan fingerprint density at radius 2 is 2.04 bits per heavy atom. The van der Waals surface area contributed by atoms with Crippen molar-refractivity contribution in [1.82, 2.24) is 9.88 Å². The van der Waals surface area contributed by atoms with E-state index in [1.54, 1.807) is 4.90 Å². The van der Waals surface area contributed by atoms with Crippen molar-refractivity contribution < 1.29 is 4.79 Å². The monoisotopic (exact) mass is 401 g/mol. The third-order valence-corrected chi connectivity index (χ3v) is 5.45. The fraction of sp³-hybridized carbons (Fsp3) is 0.250. The Labute approximate surface area is 160 Å². The summed E-state index contributed by atoms with van der Waals surface area (Å²) in [6, 6.07) is 9.33. The summed E-state index contributed by atoms with van der Waals surface area (Å²) in [4.78, 5) is 22.0. The number of anilines is 1. The van der Waals surface area contributed by atoms with E-state index in [-0.39, 0.29) is 18.3 Å². The van der Waals surface area contributed by atoms with Crippen LogP contribution >= 0.6 is 46.7 Å². The van der Waals surface area contributed by atoms with Gasteiger partial charge in [-0.1, -0.05) is 29.0 Å².